The first-order valence-electron chi connectivity index (χ1n) is 9.68. The second-order valence-corrected chi connectivity index (χ2v) is 7.57. The predicted molar refractivity (Wildman–Crippen MR) is 100 cm³/mol. The van der Waals surface area contributed by atoms with E-state index in [0.717, 1.165) is 38.2 Å². The summed E-state index contributed by atoms with van der Waals surface area (Å²) >= 11 is 0. The molecule has 5 heteroatoms. The third kappa shape index (κ3) is 3.92. The van der Waals surface area contributed by atoms with E-state index in [1.165, 1.54) is 24.4 Å². The molecule has 0 unspecified atom stereocenters. The van der Waals surface area contributed by atoms with Crippen LogP contribution in [0.1, 0.15) is 43.1 Å². The molecule has 1 aliphatic carbocycles. The molecular weight excluding hydrogens is 326 g/mol. The van der Waals surface area contributed by atoms with Crippen LogP contribution < -0.4 is 4.74 Å². The number of carbonyl (C=O) groups excluding carboxylic acids is 1. The van der Waals surface area contributed by atoms with Gasteiger partial charge in [-0.15, -0.1) is 0 Å². The van der Waals surface area contributed by atoms with Crippen LogP contribution in [-0.4, -0.2) is 40.1 Å². The average Bonchev–Trinajstić information content (AvgIpc) is 3.46. The fourth-order valence-corrected chi connectivity index (χ4v) is 3.76. The lowest BCUT2D eigenvalue weighted by molar-refractivity contribution is -0.134. The van der Waals surface area contributed by atoms with Gasteiger partial charge in [-0.25, -0.2) is 4.98 Å². The number of hydrogen-bond acceptors (Lipinski definition) is 3. The molecule has 2 fully saturated rings. The van der Waals surface area contributed by atoms with Gasteiger partial charge in [0.25, 0.3) is 5.91 Å². The van der Waals surface area contributed by atoms with Gasteiger partial charge in [0.1, 0.15) is 11.6 Å². The van der Waals surface area contributed by atoms with E-state index in [1.54, 1.807) is 0 Å². The van der Waals surface area contributed by atoms with Crippen molar-refractivity contribution in [3.05, 3.63) is 48.0 Å². The maximum Gasteiger partial charge on any atom is 0.260 e. The SMILES string of the molecule is Cc1cnc(C2CC2)n1CC1CCN(C(=O)COc2ccccc2)CC1. The number of amides is 1. The zero-order valence-electron chi connectivity index (χ0n) is 15.4. The van der Waals surface area contributed by atoms with Crippen LogP contribution in [0.3, 0.4) is 0 Å². The van der Waals surface area contributed by atoms with Crippen LogP contribution >= 0.6 is 0 Å². The van der Waals surface area contributed by atoms with Gasteiger partial charge >= 0.3 is 0 Å². The summed E-state index contributed by atoms with van der Waals surface area (Å²) in [6, 6.07) is 9.53. The number of benzene rings is 1. The molecule has 138 valence electrons. The van der Waals surface area contributed by atoms with Gasteiger partial charge in [-0.3, -0.25) is 4.79 Å². The van der Waals surface area contributed by atoms with Crippen LogP contribution in [0.25, 0.3) is 0 Å². The molecule has 1 aromatic heterocycles. The number of imidazole rings is 1. The van der Waals surface area contributed by atoms with Crippen molar-refractivity contribution >= 4 is 5.91 Å². The Bertz CT molecular complexity index is 744. The van der Waals surface area contributed by atoms with E-state index in [0.29, 0.717) is 11.8 Å². The number of para-hydroxylation sites is 1. The number of hydrogen-bond donors (Lipinski definition) is 0. The van der Waals surface area contributed by atoms with E-state index >= 15 is 0 Å². The van der Waals surface area contributed by atoms with Crippen LogP contribution in [0.2, 0.25) is 0 Å². The van der Waals surface area contributed by atoms with E-state index in [9.17, 15) is 4.79 Å². The van der Waals surface area contributed by atoms with Gasteiger partial charge < -0.3 is 14.2 Å². The fourth-order valence-electron chi connectivity index (χ4n) is 3.76. The monoisotopic (exact) mass is 353 g/mol. The molecule has 2 aromatic rings. The number of likely N-dealkylation sites (tertiary alicyclic amines) is 1. The number of carbonyl (C=O) groups is 1. The third-order valence-corrected chi connectivity index (χ3v) is 5.54. The molecule has 0 radical (unpaired) electrons. The van der Waals surface area contributed by atoms with Crippen LogP contribution in [-0.2, 0) is 11.3 Å². The number of nitrogens with zero attached hydrogens (tertiary/aromatic N) is 3. The average molecular weight is 353 g/mol. The molecule has 2 heterocycles. The zero-order chi connectivity index (χ0) is 17.9. The highest BCUT2D eigenvalue weighted by Gasteiger charge is 2.30. The summed E-state index contributed by atoms with van der Waals surface area (Å²) in [6.07, 6.45) is 6.68. The minimum absolute atomic E-state index is 0.0878. The lowest BCUT2D eigenvalue weighted by atomic mass is 9.96. The van der Waals surface area contributed by atoms with Gasteiger partial charge in [0.05, 0.1) is 0 Å². The van der Waals surface area contributed by atoms with Crippen molar-refractivity contribution in [2.75, 3.05) is 19.7 Å². The van der Waals surface area contributed by atoms with Crippen molar-refractivity contribution in [2.24, 2.45) is 5.92 Å². The Morgan fingerprint density at radius 3 is 2.58 bits per heavy atom. The minimum Gasteiger partial charge on any atom is -0.484 e. The van der Waals surface area contributed by atoms with Crippen molar-refractivity contribution in [2.45, 2.75) is 45.1 Å². The summed E-state index contributed by atoms with van der Waals surface area (Å²) in [5.74, 6) is 3.42. The third-order valence-electron chi connectivity index (χ3n) is 5.54. The van der Waals surface area contributed by atoms with E-state index in [1.807, 2.05) is 41.4 Å². The van der Waals surface area contributed by atoms with Gasteiger partial charge in [0.15, 0.2) is 6.61 Å². The molecule has 0 atom stereocenters. The van der Waals surface area contributed by atoms with Gasteiger partial charge in [-0.1, -0.05) is 18.2 Å². The number of aromatic nitrogens is 2. The van der Waals surface area contributed by atoms with Crippen molar-refractivity contribution in [3.63, 3.8) is 0 Å². The highest BCUT2D eigenvalue weighted by Crippen LogP contribution is 2.40. The summed E-state index contributed by atoms with van der Waals surface area (Å²) in [4.78, 5) is 19.0. The molecule has 1 saturated heterocycles. The number of rotatable bonds is 6. The second-order valence-electron chi connectivity index (χ2n) is 7.57. The Morgan fingerprint density at radius 2 is 1.88 bits per heavy atom. The lowest BCUT2D eigenvalue weighted by Gasteiger charge is -2.32. The molecule has 1 saturated carbocycles. The first kappa shape index (κ1) is 17.1. The maximum absolute atomic E-state index is 12.4. The smallest absolute Gasteiger partial charge is 0.260 e. The Hall–Kier alpha value is -2.30. The van der Waals surface area contributed by atoms with Gasteiger partial charge in [0.2, 0.25) is 0 Å². The van der Waals surface area contributed by atoms with E-state index < -0.39 is 0 Å². The highest BCUT2D eigenvalue weighted by atomic mass is 16.5. The molecular formula is C21H27N3O2. The van der Waals surface area contributed by atoms with E-state index in [-0.39, 0.29) is 12.5 Å². The summed E-state index contributed by atoms with van der Waals surface area (Å²) in [6.45, 7) is 4.97. The molecule has 1 aliphatic heterocycles. The molecule has 1 aromatic carbocycles. The zero-order valence-corrected chi connectivity index (χ0v) is 15.4. The second kappa shape index (κ2) is 7.52. The van der Waals surface area contributed by atoms with Crippen molar-refractivity contribution < 1.29 is 9.53 Å². The van der Waals surface area contributed by atoms with Crippen molar-refractivity contribution in [1.82, 2.24) is 14.5 Å². The highest BCUT2D eigenvalue weighted by molar-refractivity contribution is 5.77. The van der Waals surface area contributed by atoms with Crippen LogP contribution in [0.15, 0.2) is 36.5 Å². The molecule has 26 heavy (non-hydrogen) atoms. The summed E-state index contributed by atoms with van der Waals surface area (Å²) in [5, 5.41) is 0. The summed E-state index contributed by atoms with van der Waals surface area (Å²) in [7, 11) is 0. The van der Waals surface area contributed by atoms with E-state index in [4.69, 9.17) is 4.74 Å². The van der Waals surface area contributed by atoms with Crippen LogP contribution in [0.4, 0.5) is 0 Å². The predicted octanol–water partition coefficient (Wildman–Crippen LogP) is 3.39. The molecule has 4 rings (SSSR count). The van der Waals surface area contributed by atoms with Crippen molar-refractivity contribution in [3.8, 4) is 5.75 Å². The standard InChI is InChI=1S/C21H27N3O2/c1-16-13-22-21(18-7-8-18)24(16)14-17-9-11-23(12-10-17)20(25)15-26-19-5-3-2-4-6-19/h2-6,13,17-18H,7-12,14-15H2,1H3. The first-order chi connectivity index (χ1) is 12.7. The summed E-state index contributed by atoms with van der Waals surface area (Å²) in [5.41, 5.74) is 1.27. The number of aryl methyl sites for hydroxylation is 1. The Balaban J connectivity index is 1.26. The van der Waals surface area contributed by atoms with Gasteiger partial charge in [-0.2, -0.15) is 0 Å². The van der Waals surface area contributed by atoms with Crippen LogP contribution in [0.5, 0.6) is 5.75 Å². The molecule has 0 bridgehead atoms. The summed E-state index contributed by atoms with van der Waals surface area (Å²) < 4.78 is 8.01. The normalized spacial score (nSPS) is 18.1. The molecule has 1 amide bonds. The quantitative estimate of drug-likeness (QED) is 0.800. The Labute approximate surface area is 155 Å². The Morgan fingerprint density at radius 1 is 1.15 bits per heavy atom. The molecule has 0 N–H and O–H groups in total. The minimum atomic E-state index is 0.0878. The maximum atomic E-state index is 12.4. The molecule has 2 aliphatic rings. The number of piperidine rings is 1. The fraction of sp³-hybridized carbons (Fsp3) is 0.524. The molecule has 0 spiro atoms. The van der Waals surface area contributed by atoms with Gasteiger partial charge in [-0.05, 0) is 50.7 Å². The number of ether oxygens (including phenoxy) is 1. The van der Waals surface area contributed by atoms with Crippen molar-refractivity contribution in [1.29, 1.82) is 0 Å². The largest absolute Gasteiger partial charge is 0.484 e. The first-order valence-corrected chi connectivity index (χ1v) is 9.68. The Kier molecular flexibility index (Phi) is 4.96. The van der Waals surface area contributed by atoms with Gasteiger partial charge in [0, 0.05) is 37.4 Å². The van der Waals surface area contributed by atoms with Crippen LogP contribution in [0, 0.1) is 12.8 Å². The topological polar surface area (TPSA) is 47.4 Å². The molecule has 5 nitrogen and oxygen atoms in total. The lowest BCUT2D eigenvalue weighted by Crippen LogP contribution is -2.41. The van der Waals surface area contributed by atoms with E-state index in [2.05, 4.69) is 16.5 Å².